The number of aromatic amines is 1. The van der Waals surface area contributed by atoms with E-state index in [1.54, 1.807) is 47.3 Å². The summed E-state index contributed by atoms with van der Waals surface area (Å²) in [5.41, 5.74) is 2.39. The fourth-order valence-electron chi connectivity index (χ4n) is 5.78. The molecule has 1 fully saturated rings. The van der Waals surface area contributed by atoms with Gasteiger partial charge in [0, 0.05) is 53.9 Å². The van der Waals surface area contributed by atoms with Gasteiger partial charge in [0.05, 0.1) is 0 Å². The van der Waals surface area contributed by atoms with E-state index in [0.29, 0.717) is 12.0 Å². The van der Waals surface area contributed by atoms with Gasteiger partial charge < -0.3 is 35.7 Å². The number of benzene rings is 2. The number of aliphatic carboxylic acids is 1. The van der Waals surface area contributed by atoms with E-state index in [2.05, 4.69) is 20.9 Å². The first kappa shape index (κ1) is 40.3. The summed E-state index contributed by atoms with van der Waals surface area (Å²) in [5.74, 6) is -4.10. The number of esters is 1. The van der Waals surface area contributed by atoms with E-state index >= 15 is 0 Å². The number of carbonyl (C=O) groups is 6. The molecule has 1 aliphatic rings. The Morgan fingerprint density at radius 3 is 2.31 bits per heavy atom. The van der Waals surface area contributed by atoms with Gasteiger partial charge in [0.2, 0.25) is 17.7 Å². The van der Waals surface area contributed by atoms with Crippen LogP contribution in [0.1, 0.15) is 58.6 Å². The molecule has 5 N–H and O–H groups in total. The molecule has 13 nitrogen and oxygen atoms in total. The van der Waals surface area contributed by atoms with Crippen LogP contribution in [0, 0.1) is 0 Å². The summed E-state index contributed by atoms with van der Waals surface area (Å²) in [6.07, 6.45) is 1.35. The summed E-state index contributed by atoms with van der Waals surface area (Å²) in [4.78, 5) is 83.3. The van der Waals surface area contributed by atoms with Gasteiger partial charge in [0.1, 0.15) is 24.2 Å². The minimum absolute atomic E-state index is 0.00820. The molecule has 52 heavy (non-hydrogen) atoms. The number of fused-ring (bicyclic) bond motifs is 1. The second kappa shape index (κ2) is 18.3. The molecule has 1 aliphatic heterocycles. The Hall–Kier alpha value is -4.50. The highest BCUT2D eigenvalue weighted by Gasteiger charge is 2.41. The summed E-state index contributed by atoms with van der Waals surface area (Å²) in [5, 5.41) is 18.2. The van der Waals surface area contributed by atoms with Crippen molar-refractivity contribution in [3.05, 3.63) is 71.9 Å². The van der Waals surface area contributed by atoms with Crippen molar-refractivity contribution in [3.63, 3.8) is 0 Å². The fourth-order valence-corrected chi connectivity index (χ4v) is 8.24. The van der Waals surface area contributed by atoms with Gasteiger partial charge in [-0.2, -0.15) is 0 Å². The lowest BCUT2D eigenvalue weighted by atomic mass is 10.0. The number of amides is 4. The molecule has 4 amide bonds. The predicted octanol–water partition coefficient (Wildman–Crippen LogP) is 3.61. The Labute approximate surface area is 311 Å². The van der Waals surface area contributed by atoms with Crippen LogP contribution >= 0.6 is 21.6 Å². The van der Waals surface area contributed by atoms with Crippen molar-refractivity contribution in [2.45, 2.75) is 95.3 Å². The van der Waals surface area contributed by atoms with Crippen molar-refractivity contribution >= 4 is 68.1 Å². The van der Waals surface area contributed by atoms with Crippen molar-refractivity contribution < 1.29 is 38.6 Å². The van der Waals surface area contributed by atoms with E-state index in [1.165, 1.54) is 29.5 Å². The minimum Gasteiger partial charge on any atom is -0.480 e. The van der Waals surface area contributed by atoms with Crippen molar-refractivity contribution in [3.8, 4) is 0 Å². The second-order valence-electron chi connectivity index (χ2n) is 13.7. The molecule has 1 aromatic heterocycles. The Morgan fingerprint density at radius 2 is 1.63 bits per heavy atom. The Bertz CT molecular complexity index is 1740. The topological polar surface area (TPSA) is 187 Å². The van der Waals surface area contributed by atoms with Crippen LogP contribution in [0.25, 0.3) is 10.9 Å². The third-order valence-corrected chi connectivity index (χ3v) is 11.7. The molecular formula is C37H47N5O8S2. The van der Waals surface area contributed by atoms with Crippen molar-refractivity contribution in [1.29, 1.82) is 0 Å². The van der Waals surface area contributed by atoms with Crippen LogP contribution in [-0.4, -0.2) is 97.9 Å². The molecule has 2 heterocycles. The van der Waals surface area contributed by atoms with E-state index in [9.17, 15) is 33.9 Å². The third kappa shape index (κ3) is 11.5. The largest absolute Gasteiger partial charge is 0.480 e. The quantitative estimate of drug-likeness (QED) is 0.107. The number of nitrogens with zero attached hydrogens (tertiary/aromatic N) is 1. The summed E-state index contributed by atoms with van der Waals surface area (Å²) >= 11 is 0. The molecule has 0 spiro atoms. The van der Waals surface area contributed by atoms with Gasteiger partial charge in [0.15, 0.2) is 6.10 Å². The molecule has 4 rings (SSSR count). The standard InChI is InChI=1S/C37H47N5O8S2/c1-22(35(47)48)39-33(45)31(18-24-12-7-6-8-13-24)50-36(49)30-16-11-17-42(30)34(46)29(21-51-52-37(3,4)5)41-32(44)28(40-23(2)43)19-25-20-38-27-15-10-9-14-26(25)27/h6-10,12-15,20,22,28-31,38H,11,16-19,21H2,1-5H3,(H,39,45)(H,40,43)(H,41,44)(H,47,48)/t22-,28-,29-,30-,31+/m0/s1. The number of hydrogen-bond acceptors (Lipinski definition) is 9. The number of rotatable bonds is 16. The molecule has 0 aliphatic carbocycles. The number of aromatic nitrogens is 1. The summed E-state index contributed by atoms with van der Waals surface area (Å²) in [6, 6.07) is 12.2. The normalized spacial score (nSPS) is 16.7. The first-order valence-electron chi connectivity index (χ1n) is 17.1. The summed E-state index contributed by atoms with van der Waals surface area (Å²) < 4.78 is 5.59. The van der Waals surface area contributed by atoms with Crippen molar-refractivity contribution in [2.75, 3.05) is 12.3 Å². The molecule has 15 heteroatoms. The highest BCUT2D eigenvalue weighted by atomic mass is 33.1. The van der Waals surface area contributed by atoms with Gasteiger partial charge in [-0.3, -0.25) is 24.0 Å². The number of carboxylic acids is 1. The molecule has 2 aromatic carbocycles. The predicted molar refractivity (Wildman–Crippen MR) is 201 cm³/mol. The monoisotopic (exact) mass is 753 g/mol. The zero-order chi connectivity index (χ0) is 38.0. The molecule has 0 bridgehead atoms. The summed E-state index contributed by atoms with van der Waals surface area (Å²) in [7, 11) is 2.95. The number of hydrogen-bond donors (Lipinski definition) is 5. The van der Waals surface area contributed by atoms with E-state index in [4.69, 9.17) is 4.74 Å². The molecule has 0 saturated carbocycles. The van der Waals surface area contributed by atoms with Gasteiger partial charge in [-0.1, -0.05) is 90.9 Å². The molecule has 0 unspecified atom stereocenters. The first-order valence-corrected chi connectivity index (χ1v) is 19.5. The highest BCUT2D eigenvalue weighted by molar-refractivity contribution is 8.77. The molecule has 3 aromatic rings. The SMILES string of the molecule is CC(=O)N[C@@H](Cc1c[nH]c2ccccc12)C(=O)N[C@@H](CSSC(C)(C)C)C(=O)N1CCC[C@H]1C(=O)O[C@H](Cc1ccccc1)C(=O)N[C@@H](C)C(=O)O. The molecule has 5 atom stereocenters. The maximum Gasteiger partial charge on any atom is 0.329 e. The van der Waals surface area contributed by atoms with Crippen molar-refractivity contribution in [2.24, 2.45) is 0 Å². The van der Waals surface area contributed by atoms with E-state index in [-0.39, 0.29) is 36.3 Å². The van der Waals surface area contributed by atoms with Crippen LogP contribution in [0.3, 0.4) is 0 Å². The first-order chi connectivity index (χ1) is 24.6. The van der Waals surface area contributed by atoms with E-state index < -0.39 is 65.8 Å². The van der Waals surface area contributed by atoms with Gasteiger partial charge in [-0.15, -0.1) is 0 Å². The average molecular weight is 754 g/mol. The zero-order valence-corrected chi connectivity index (χ0v) is 31.6. The number of carbonyl (C=O) groups excluding carboxylic acids is 5. The Balaban J connectivity index is 1.54. The van der Waals surface area contributed by atoms with Crippen LogP contribution in [0.5, 0.6) is 0 Å². The average Bonchev–Trinajstić information content (AvgIpc) is 3.74. The van der Waals surface area contributed by atoms with Crippen LogP contribution in [0.4, 0.5) is 0 Å². The maximum absolute atomic E-state index is 14.3. The second-order valence-corrected chi connectivity index (χ2v) is 16.9. The number of H-pyrrole nitrogens is 1. The molecule has 0 radical (unpaired) electrons. The van der Waals surface area contributed by atoms with E-state index in [0.717, 1.165) is 16.5 Å². The van der Waals surface area contributed by atoms with Crippen LogP contribution in [-0.2, 0) is 46.3 Å². The van der Waals surface area contributed by atoms with E-state index in [1.807, 2.05) is 45.0 Å². The Morgan fingerprint density at radius 1 is 0.942 bits per heavy atom. The number of likely N-dealkylation sites (tertiary alicyclic amines) is 1. The molecule has 280 valence electrons. The lowest BCUT2D eigenvalue weighted by molar-refractivity contribution is -0.163. The summed E-state index contributed by atoms with van der Waals surface area (Å²) in [6.45, 7) is 8.93. The number of nitrogens with one attached hydrogen (secondary N) is 4. The zero-order valence-electron chi connectivity index (χ0n) is 30.0. The van der Waals surface area contributed by atoms with Gasteiger partial charge in [-0.05, 0) is 37.0 Å². The number of carboxylic acid groups (broad SMARTS) is 1. The Kier molecular flexibility index (Phi) is 14.2. The van der Waals surface area contributed by atoms with Gasteiger partial charge >= 0.3 is 11.9 Å². The highest BCUT2D eigenvalue weighted by Crippen LogP contribution is 2.36. The van der Waals surface area contributed by atoms with Crippen molar-refractivity contribution in [1.82, 2.24) is 25.8 Å². The van der Waals surface area contributed by atoms with Crippen LogP contribution in [0.15, 0.2) is 60.8 Å². The third-order valence-electron chi connectivity index (χ3n) is 8.30. The number of ether oxygens (including phenoxy) is 1. The fraction of sp³-hybridized carbons (Fsp3) is 0.459. The maximum atomic E-state index is 14.3. The van der Waals surface area contributed by atoms with Crippen LogP contribution in [0.2, 0.25) is 0 Å². The molecule has 1 saturated heterocycles. The minimum atomic E-state index is -1.36. The lowest BCUT2D eigenvalue weighted by Crippen LogP contribution is -2.57. The van der Waals surface area contributed by atoms with Gasteiger partial charge in [0.25, 0.3) is 5.91 Å². The van der Waals surface area contributed by atoms with Gasteiger partial charge in [-0.25, -0.2) is 4.79 Å². The smallest absolute Gasteiger partial charge is 0.329 e. The number of para-hydroxylation sites is 1. The lowest BCUT2D eigenvalue weighted by Gasteiger charge is -2.30. The molecular weight excluding hydrogens is 707 g/mol. The van der Waals surface area contributed by atoms with Crippen LogP contribution < -0.4 is 16.0 Å².